The Labute approximate surface area is 295 Å². The lowest BCUT2D eigenvalue weighted by Crippen LogP contribution is -2.31. The smallest absolute Gasteiger partial charge is 0.0817 e. The third kappa shape index (κ3) is 6.03. The molecule has 0 amide bonds. The van der Waals surface area contributed by atoms with Gasteiger partial charge >= 0.3 is 0 Å². The molecule has 50 heavy (non-hydrogen) atoms. The van der Waals surface area contributed by atoms with Crippen LogP contribution in [0, 0.1) is 0 Å². The van der Waals surface area contributed by atoms with Crippen molar-refractivity contribution in [1.82, 2.24) is 5.32 Å². The van der Waals surface area contributed by atoms with Crippen LogP contribution in [0.3, 0.4) is 0 Å². The van der Waals surface area contributed by atoms with Crippen LogP contribution in [-0.2, 0) is 5.41 Å². The maximum Gasteiger partial charge on any atom is 0.0817 e. The van der Waals surface area contributed by atoms with Crippen molar-refractivity contribution in [2.75, 3.05) is 5.32 Å². The summed E-state index contributed by atoms with van der Waals surface area (Å²) in [5.41, 5.74) is 19.9. The van der Waals surface area contributed by atoms with Gasteiger partial charge in [-0.1, -0.05) is 159 Å². The minimum absolute atomic E-state index is 0.0953. The van der Waals surface area contributed by atoms with Gasteiger partial charge in [-0.05, 0) is 85.6 Å². The topological polar surface area (TPSA) is 50.1 Å². The summed E-state index contributed by atoms with van der Waals surface area (Å²) in [5.74, 6) is 0. The van der Waals surface area contributed by atoms with E-state index in [1.807, 2.05) is 18.2 Å². The van der Waals surface area contributed by atoms with Crippen LogP contribution in [0.5, 0.6) is 0 Å². The minimum Gasteiger partial charge on any atom is -0.355 e. The second-order valence-electron chi connectivity index (χ2n) is 13.7. The highest BCUT2D eigenvalue weighted by atomic mass is 15.0. The molecule has 3 heteroatoms. The third-order valence-electron chi connectivity index (χ3n) is 10.1. The number of benzene rings is 7. The van der Waals surface area contributed by atoms with Crippen LogP contribution in [0.25, 0.3) is 39.1 Å². The zero-order chi connectivity index (χ0) is 34.1. The zero-order valence-electron chi connectivity index (χ0n) is 28.5. The van der Waals surface area contributed by atoms with E-state index in [0.717, 1.165) is 28.1 Å². The lowest BCUT2D eigenvalue weighted by atomic mass is 9.81. The molecule has 2 unspecified atom stereocenters. The molecule has 0 heterocycles. The van der Waals surface area contributed by atoms with Crippen LogP contribution in [0.2, 0.25) is 0 Å². The summed E-state index contributed by atoms with van der Waals surface area (Å²) in [7, 11) is 0. The molecule has 7 aromatic carbocycles. The summed E-state index contributed by atoms with van der Waals surface area (Å²) in [6.45, 7) is 4.69. The average molecular weight is 648 g/mol. The van der Waals surface area contributed by atoms with Crippen molar-refractivity contribution in [3.63, 3.8) is 0 Å². The maximum atomic E-state index is 6.83. The molecule has 2 atom stereocenters. The molecular weight excluding hydrogens is 607 g/mol. The van der Waals surface area contributed by atoms with Crippen molar-refractivity contribution in [1.29, 1.82) is 0 Å². The van der Waals surface area contributed by atoms with Crippen LogP contribution in [-0.4, -0.2) is 0 Å². The monoisotopic (exact) mass is 647 g/mol. The van der Waals surface area contributed by atoms with E-state index in [2.05, 4.69) is 182 Å². The normalized spacial score (nSPS) is 14.3. The molecule has 0 saturated carbocycles. The SMILES string of the molecule is CC1(C)c2cc3ccccc3cc2-c2c(/C=C/C(NC(N)c3ccccc3)c3cccc(Nc4ccccc4-c4ccccc4)c3)cccc21. The van der Waals surface area contributed by atoms with Crippen molar-refractivity contribution < 1.29 is 0 Å². The van der Waals surface area contributed by atoms with Crippen LogP contribution in [0.15, 0.2) is 170 Å². The van der Waals surface area contributed by atoms with Gasteiger partial charge < -0.3 is 11.1 Å². The van der Waals surface area contributed by atoms with Crippen LogP contribution >= 0.6 is 0 Å². The van der Waals surface area contributed by atoms with Crippen molar-refractivity contribution in [2.24, 2.45) is 5.73 Å². The lowest BCUT2D eigenvalue weighted by molar-refractivity contribution is 0.509. The Morgan fingerprint density at radius 1 is 0.580 bits per heavy atom. The molecule has 1 aliphatic carbocycles. The standard InChI is InChI=1S/C47H41N3/c1-47(2)41-25-14-21-33(45(41)40-30-35-19-9-10-20-36(35)31-42(40)47)27-28-43(50-46(48)34-17-7-4-8-18-34)37-22-13-23-38(29-37)49-44-26-12-11-24-39(44)32-15-5-3-6-16-32/h3-31,43,46,49-50H,48H2,1-2H3/b28-27+. The van der Waals surface area contributed by atoms with Crippen LogP contribution in [0.1, 0.15) is 53.9 Å². The summed E-state index contributed by atoms with van der Waals surface area (Å²) >= 11 is 0. The molecule has 3 nitrogen and oxygen atoms in total. The molecule has 8 rings (SSSR count). The number of rotatable bonds is 9. The van der Waals surface area contributed by atoms with Gasteiger partial charge in [-0.2, -0.15) is 0 Å². The maximum absolute atomic E-state index is 6.83. The Hall–Kier alpha value is -5.74. The quantitative estimate of drug-likeness (QED) is 0.137. The van der Waals surface area contributed by atoms with E-state index < -0.39 is 0 Å². The molecule has 0 bridgehead atoms. The predicted molar refractivity (Wildman–Crippen MR) is 211 cm³/mol. The summed E-state index contributed by atoms with van der Waals surface area (Å²) in [6, 6.07) is 57.8. The van der Waals surface area contributed by atoms with Crippen LogP contribution < -0.4 is 16.4 Å². The predicted octanol–water partition coefficient (Wildman–Crippen LogP) is 11.6. The molecule has 4 N–H and O–H groups in total. The van der Waals surface area contributed by atoms with Gasteiger partial charge in [0.2, 0.25) is 0 Å². The Kier molecular flexibility index (Phi) is 8.38. The zero-order valence-corrected chi connectivity index (χ0v) is 28.5. The first-order valence-electron chi connectivity index (χ1n) is 17.4. The number of fused-ring (bicyclic) bond motifs is 4. The van der Waals surface area contributed by atoms with Gasteiger partial charge in [-0.3, -0.25) is 5.32 Å². The summed E-state index contributed by atoms with van der Waals surface area (Å²) < 4.78 is 0. The first-order chi connectivity index (χ1) is 24.5. The van der Waals surface area contributed by atoms with E-state index in [0.29, 0.717) is 0 Å². The summed E-state index contributed by atoms with van der Waals surface area (Å²) in [5, 5.41) is 9.99. The van der Waals surface area contributed by atoms with E-state index >= 15 is 0 Å². The van der Waals surface area contributed by atoms with Gasteiger partial charge in [0, 0.05) is 22.4 Å². The fourth-order valence-corrected chi connectivity index (χ4v) is 7.48. The van der Waals surface area contributed by atoms with E-state index in [9.17, 15) is 0 Å². The van der Waals surface area contributed by atoms with Gasteiger partial charge in [0.05, 0.1) is 12.2 Å². The van der Waals surface area contributed by atoms with Crippen molar-refractivity contribution in [3.8, 4) is 22.3 Å². The molecule has 244 valence electrons. The third-order valence-corrected chi connectivity index (χ3v) is 10.1. The molecule has 0 saturated heterocycles. The Bertz CT molecular complexity index is 2320. The largest absolute Gasteiger partial charge is 0.355 e. The highest BCUT2D eigenvalue weighted by Crippen LogP contribution is 2.51. The molecule has 0 fully saturated rings. The molecule has 0 aliphatic heterocycles. The van der Waals surface area contributed by atoms with Crippen molar-refractivity contribution in [2.45, 2.75) is 31.5 Å². The lowest BCUT2D eigenvalue weighted by Gasteiger charge is -2.23. The molecule has 0 aromatic heterocycles. The Morgan fingerprint density at radius 2 is 1.24 bits per heavy atom. The number of nitrogens with two attached hydrogens (primary N) is 1. The highest BCUT2D eigenvalue weighted by Gasteiger charge is 2.36. The van der Waals surface area contributed by atoms with Gasteiger partial charge in [0.15, 0.2) is 0 Å². The Balaban J connectivity index is 1.17. The van der Waals surface area contributed by atoms with Crippen molar-refractivity contribution in [3.05, 3.63) is 198 Å². The molecule has 1 aliphatic rings. The van der Waals surface area contributed by atoms with E-state index in [1.165, 1.54) is 44.2 Å². The molecular formula is C47H41N3. The number of para-hydroxylation sites is 1. The fraction of sp³-hybridized carbons (Fsp3) is 0.106. The number of hydrogen-bond donors (Lipinski definition) is 3. The van der Waals surface area contributed by atoms with E-state index in [1.54, 1.807) is 0 Å². The summed E-state index contributed by atoms with van der Waals surface area (Å²) in [6.07, 6.45) is 4.19. The van der Waals surface area contributed by atoms with Gasteiger partial charge in [-0.25, -0.2) is 0 Å². The van der Waals surface area contributed by atoms with Gasteiger partial charge in [0.1, 0.15) is 0 Å². The first kappa shape index (κ1) is 31.5. The fourth-order valence-electron chi connectivity index (χ4n) is 7.48. The van der Waals surface area contributed by atoms with Gasteiger partial charge in [0.25, 0.3) is 0 Å². The van der Waals surface area contributed by atoms with E-state index in [4.69, 9.17) is 5.73 Å². The van der Waals surface area contributed by atoms with Gasteiger partial charge in [-0.15, -0.1) is 0 Å². The molecule has 0 radical (unpaired) electrons. The molecule has 7 aromatic rings. The van der Waals surface area contributed by atoms with Crippen LogP contribution in [0.4, 0.5) is 11.4 Å². The average Bonchev–Trinajstić information content (AvgIpc) is 3.39. The van der Waals surface area contributed by atoms with E-state index in [-0.39, 0.29) is 17.6 Å². The summed E-state index contributed by atoms with van der Waals surface area (Å²) in [4.78, 5) is 0. The number of anilines is 2. The van der Waals surface area contributed by atoms with Crippen molar-refractivity contribution >= 4 is 28.2 Å². The molecule has 0 spiro atoms. The Morgan fingerprint density at radius 3 is 2.04 bits per heavy atom. The number of nitrogens with one attached hydrogen (secondary N) is 2. The highest BCUT2D eigenvalue weighted by molar-refractivity contribution is 5.96. The first-order valence-corrected chi connectivity index (χ1v) is 17.4. The minimum atomic E-state index is -0.353. The number of hydrogen-bond acceptors (Lipinski definition) is 3. The second-order valence-corrected chi connectivity index (χ2v) is 13.7. The second kappa shape index (κ2) is 13.3.